The Labute approximate surface area is 223 Å². The second-order valence-corrected chi connectivity index (χ2v) is 10.1. The van der Waals surface area contributed by atoms with Crippen LogP contribution in [0.2, 0.25) is 0 Å². The monoisotopic (exact) mass is 330 g/mol. The predicted octanol–water partition coefficient (Wildman–Crippen LogP) is -8.62. The number of hydrogen-bond donors (Lipinski definition) is 0. The van der Waals surface area contributed by atoms with Crippen LogP contribution in [0.3, 0.4) is 0 Å². The van der Waals surface area contributed by atoms with Gasteiger partial charge in [-0.1, -0.05) is 13.8 Å². The summed E-state index contributed by atoms with van der Waals surface area (Å²) < 4.78 is 0. The van der Waals surface area contributed by atoms with Gasteiger partial charge in [0, 0.05) is 0 Å². The van der Waals surface area contributed by atoms with Crippen LogP contribution in [0.15, 0.2) is 0 Å². The van der Waals surface area contributed by atoms with E-state index in [1.165, 1.54) is 0 Å². The fourth-order valence-electron chi connectivity index (χ4n) is 0.797. The first-order valence-corrected chi connectivity index (χ1v) is 8.53. The standard InChI is InChI=1S/C6H14O2PS2.3K/c1-3-5-11(6-4-2)9(7,8)10;;;/h3-6H2,1-2H3;;;/q-3;3*+1. The van der Waals surface area contributed by atoms with Crippen molar-refractivity contribution in [3.05, 3.63) is 0 Å². The van der Waals surface area contributed by atoms with Crippen LogP contribution in [0.5, 0.6) is 0 Å². The Bertz CT molecular complexity index is 158. The maximum atomic E-state index is 11.0. The first-order valence-electron chi connectivity index (χ1n) is 3.72. The molecule has 0 aliphatic heterocycles. The number of rotatable bonds is 4. The van der Waals surface area contributed by atoms with Gasteiger partial charge in [-0.25, -0.2) is 10.1 Å². The summed E-state index contributed by atoms with van der Waals surface area (Å²) in [5.41, 5.74) is -3.45. The van der Waals surface area contributed by atoms with Crippen molar-refractivity contribution in [3.8, 4) is 0 Å². The van der Waals surface area contributed by atoms with Crippen LogP contribution in [0, 0.1) is 0 Å². The molecule has 0 aliphatic carbocycles. The maximum Gasteiger partial charge on any atom is 1.00 e. The van der Waals surface area contributed by atoms with E-state index >= 15 is 0 Å². The molecule has 0 aromatic carbocycles. The molecular weight excluding hydrogens is 316 g/mol. The summed E-state index contributed by atoms with van der Waals surface area (Å²) in [6.07, 6.45) is 1.82. The zero-order valence-corrected chi connectivity index (χ0v) is 21.8. The van der Waals surface area contributed by atoms with Crippen LogP contribution in [0.4, 0.5) is 0 Å². The van der Waals surface area contributed by atoms with E-state index < -0.39 is 15.8 Å². The molecule has 0 atom stereocenters. The minimum Gasteiger partial charge on any atom is -0.854 e. The zero-order chi connectivity index (χ0) is 8.91. The Hall–Kier alpha value is 5.96. The van der Waals surface area contributed by atoms with Crippen molar-refractivity contribution in [2.24, 2.45) is 0 Å². The van der Waals surface area contributed by atoms with Crippen molar-refractivity contribution in [1.82, 2.24) is 0 Å². The zero-order valence-electron chi connectivity index (χ0n) is 9.91. The minimum atomic E-state index is -3.45. The molecule has 0 fully saturated rings. The Morgan fingerprint density at radius 2 is 1.29 bits per heavy atom. The van der Waals surface area contributed by atoms with Crippen molar-refractivity contribution in [3.63, 3.8) is 0 Å². The minimum absolute atomic E-state index is 0. The van der Waals surface area contributed by atoms with Gasteiger partial charge in [-0.2, -0.15) is 0 Å². The van der Waals surface area contributed by atoms with Crippen molar-refractivity contribution in [2.75, 3.05) is 11.5 Å². The smallest absolute Gasteiger partial charge is 0.854 e. The van der Waals surface area contributed by atoms with Gasteiger partial charge in [0.15, 0.2) is 0 Å². The third-order valence-corrected chi connectivity index (χ3v) is 8.48. The van der Waals surface area contributed by atoms with Crippen LogP contribution in [0.25, 0.3) is 0 Å². The molecule has 0 rings (SSSR count). The molecule has 2 nitrogen and oxygen atoms in total. The van der Waals surface area contributed by atoms with Crippen molar-refractivity contribution < 1.29 is 164 Å². The average molecular weight is 331 g/mol. The molecule has 70 valence electrons. The molecule has 8 heteroatoms. The Balaban J connectivity index is -0.000000167. The topological polar surface area (TPSA) is 46.1 Å². The van der Waals surface area contributed by atoms with Gasteiger partial charge in [0.25, 0.3) is 0 Å². The predicted molar refractivity (Wildman–Crippen MR) is 52.0 cm³/mol. The Morgan fingerprint density at radius 1 is 1.00 bits per heavy atom. The van der Waals surface area contributed by atoms with Crippen LogP contribution in [-0.4, -0.2) is 11.5 Å². The Kier molecular flexibility index (Phi) is 34.2. The van der Waals surface area contributed by atoms with Crippen LogP contribution >= 0.6 is 5.69 Å². The van der Waals surface area contributed by atoms with E-state index in [4.69, 9.17) is 0 Å². The van der Waals surface area contributed by atoms with Gasteiger partial charge in [0.2, 0.25) is 0 Å². The Morgan fingerprint density at radius 3 is 1.43 bits per heavy atom. The average Bonchev–Trinajstić information content (AvgIpc) is 1.85. The largest absolute Gasteiger partial charge is 1.00 e. The molecule has 0 aliphatic rings. The molecule has 0 amide bonds. The van der Waals surface area contributed by atoms with Crippen LogP contribution in [-0.2, 0) is 22.3 Å². The fraction of sp³-hybridized carbons (Fsp3) is 1.00. The molecular formula is C6H14K3O2PS2. The van der Waals surface area contributed by atoms with E-state index in [9.17, 15) is 9.79 Å². The molecule has 0 radical (unpaired) electrons. The van der Waals surface area contributed by atoms with E-state index in [-0.39, 0.29) is 154 Å². The molecule has 0 saturated carbocycles. The van der Waals surface area contributed by atoms with E-state index in [1.54, 1.807) is 0 Å². The summed E-state index contributed by atoms with van der Waals surface area (Å²) >= 11 is 4.45. The maximum absolute atomic E-state index is 11.0. The third-order valence-electron chi connectivity index (χ3n) is 1.20. The van der Waals surface area contributed by atoms with E-state index in [2.05, 4.69) is 12.2 Å². The van der Waals surface area contributed by atoms with Gasteiger partial charge >= 0.3 is 154 Å². The molecule has 0 saturated heterocycles. The van der Waals surface area contributed by atoms with Crippen LogP contribution < -0.4 is 164 Å². The van der Waals surface area contributed by atoms with E-state index in [0.717, 1.165) is 24.3 Å². The summed E-state index contributed by atoms with van der Waals surface area (Å²) in [5.74, 6) is 1.50. The molecule has 0 unspecified atom stereocenters. The first-order chi connectivity index (χ1) is 5.02. The van der Waals surface area contributed by atoms with Crippen molar-refractivity contribution >= 4 is 28.0 Å². The van der Waals surface area contributed by atoms with Gasteiger partial charge in [0.05, 0.1) is 0 Å². The molecule has 0 spiro atoms. The van der Waals surface area contributed by atoms with Gasteiger partial charge in [0.1, 0.15) is 0 Å². The van der Waals surface area contributed by atoms with Gasteiger partial charge < -0.3 is 27.7 Å². The third kappa shape index (κ3) is 16.0. The summed E-state index contributed by atoms with van der Waals surface area (Å²) in [6, 6.07) is 0. The SMILES string of the molecule is CCCS(CCC)=P([O-])([O-])[S-].[K+].[K+].[K+]. The summed E-state index contributed by atoms with van der Waals surface area (Å²) in [7, 11) is -0.527. The van der Waals surface area contributed by atoms with Crippen molar-refractivity contribution in [2.45, 2.75) is 26.7 Å². The molecule has 0 N–H and O–H groups in total. The normalized spacial score (nSPS) is 9.86. The van der Waals surface area contributed by atoms with Gasteiger partial charge in [-0.05, 0) is 24.3 Å². The molecule has 0 aromatic rings. The van der Waals surface area contributed by atoms with Gasteiger partial charge in [-0.15, -0.1) is 0 Å². The number of hydrogen-bond acceptors (Lipinski definition) is 3. The van der Waals surface area contributed by atoms with E-state index in [0.29, 0.717) is 0 Å². The molecule has 14 heavy (non-hydrogen) atoms. The summed E-state index contributed by atoms with van der Waals surface area (Å²) in [5, 5.41) is 0. The first kappa shape index (κ1) is 28.2. The fourth-order valence-corrected chi connectivity index (χ4v) is 6.17. The second kappa shape index (κ2) is 17.0. The molecule has 0 aromatic heterocycles. The van der Waals surface area contributed by atoms with Crippen molar-refractivity contribution in [1.29, 1.82) is 0 Å². The summed E-state index contributed by atoms with van der Waals surface area (Å²) in [6.45, 7) is 3.97. The van der Waals surface area contributed by atoms with Crippen LogP contribution in [0.1, 0.15) is 26.7 Å². The molecule has 0 heterocycles. The quantitative estimate of drug-likeness (QED) is 0.292. The summed E-state index contributed by atoms with van der Waals surface area (Å²) in [4.78, 5) is 21.9. The molecule has 0 bridgehead atoms. The van der Waals surface area contributed by atoms with Gasteiger partial charge in [-0.3, -0.25) is 0 Å². The second-order valence-electron chi connectivity index (χ2n) is 2.32. The van der Waals surface area contributed by atoms with E-state index in [1.807, 2.05) is 13.8 Å².